The summed E-state index contributed by atoms with van der Waals surface area (Å²) in [4.78, 5) is 29.6. The van der Waals surface area contributed by atoms with Crippen molar-refractivity contribution in [2.24, 2.45) is 5.73 Å². The number of carbonyl (C=O) groups is 2. The Labute approximate surface area is 194 Å². The molecular weight excluding hydrogens is 457 g/mol. The minimum atomic E-state index is -0.911. The number of aromatic nitrogens is 2. The lowest BCUT2D eigenvalue weighted by Crippen LogP contribution is -2.18. The molecule has 3 aromatic rings. The molecule has 1 amide bonds. The normalized spacial score (nSPS) is 11.0. The molecule has 3 rings (SSSR count). The largest absolute Gasteiger partial charge is 0.442 e. The molecule has 0 fully saturated rings. The number of amides is 1. The summed E-state index contributed by atoms with van der Waals surface area (Å²) in [7, 11) is 0. The van der Waals surface area contributed by atoms with Crippen molar-refractivity contribution in [2.75, 3.05) is 0 Å². The summed E-state index contributed by atoms with van der Waals surface area (Å²) in [5.41, 5.74) is 6.49. The van der Waals surface area contributed by atoms with Gasteiger partial charge in [0.25, 0.3) is 0 Å². The summed E-state index contributed by atoms with van der Waals surface area (Å²) >= 11 is 13.7. The maximum absolute atomic E-state index is 13.0. The maximum Gasteiger partial charge on any atom is 0.404 e. The third-order valence-corrected chi connectivity index (χ3v) is 5.89. The first-order valence-electron chi connectivity index (χ1n) is 9.48. The number of carbonyl (C=O) groups excluding carboxylic acids is 2. The summed E-state index contributed by atoms with van der Waals surface area (Å²) in [6, 6.07) is 14.2. The second-order valence-electron chi connectivity index (χ2n) is 7.06. The lowest BCUT2D eigenvalue weighted by atomic mass is 10.1. The van der Waals surface area contributed by atoms with Crippen LogP contribution < -0.4 is 5.73 Å². The Morgan fingerprint density at radius 2 is 1.77 bits per heavy atom. The minimum absolute atomic E-state index is 0.0256. The summed E-state index contributed by atoms with van der Waals surface area (Å²) in [6.07, 6.45) is -0.911. The van der Waals surface area contributed by atoms with Gasteiger partial charge in [0.2, 0.25) is 0 Å². The number of ether oxygens (including phenoxy) is 1. The van der Waals surface area contributed by atoms with Crippen LogP contribution in [0.2, 0.25) is 10.0 Å². The van der Waals surface area contributed by atoms with Gasteiger partial charge < -0.3 is 15.0 Å². The molecule has 1 aromatic heterocycles. The summed E-state index contributed by atoms with van der Waals surface area (Å²) in [5, 5.41) is 1.76. The number of hydrogen-bond donors (Lipinski definition) is 1. The highest BCUT2D eigenvalue weighted by molar-refractivity contribution is 7.99. The van der Waals surface area contributed by atoms with Crippen molar-refractivity contribution >= 4 is 46.8 Å². The molecule has 0 aliphatic rings. The monoisotopic (exact) mass is 477 g/mol. The van der Waals surface area contributed by atoms with Gasteiger partial charge in [0.15, 0.2) is 12.4 Å². The quantitative estimate of drug-likeness (QED) is 0.405. The summed E-state index contributed by atoms with van der Waals surface area (Å²) < 4.78 is 6.74. The lowest BCUT2D eigenvalue weighted by Gasteiger charge is -2.13. The van der Waals surface area contributed by atoms with Crippen molar-refractivity contribution in [1.82, 2.24) is 9.55 Å². The van der Waals surface area contributed by atoms with E-state index in [0.717, 1.165) is 15.6 Å². The van der Waals surface area contributed by atoms with Crippen LogP contribution in [0.3, 0.4) is 0 Å². The second-order valence-corrected chi connectivity index (χ2v) is 9.00. The average Bonchev–Trinajstić information content (AvgIpc) is 3.03. The number of ketones is 1. The van der Waals surface area contributed by atoms with E-state index in [1.165, 1.54) is 11.8 Å². The molecule has 0 saturated carbocycles. The molecule has 0 aliphatic carbocycles. The highest BCUT2D eigenvalue weighted by Crippen LogP contribution is 2.37. The van der Waals surface area contributed by atoms with E-state index in [4.69, 9.17) is 33.7 Å². The van der Waals surface area contributed by atoms with Gasteiger partial charge in [-0.15, -0.1) is 0 Å². The predicted octanol–water partition coefficient (Wildman–Crippen LogP) is 5.94. The van der Waals surface area contributed by atoms with Gasteiger partial charge in [0.1, 0.15) is 10.9 Å². The number of nitrogens with zero attached hydrogens (tertiary/aromatic N) is 2. The van der Waals surface area contributed by atoms with Gasteiger partial charge in [-0.3, -0.25) is 4.79 Å². The van der Waals surface area contributed by atoms with Crippen LogP contribution in [0.25, 0.3) is 0 Å². The van der Waals surface area contributed by atoms with Crippen LogP contribution in [0.15, 0.2) is 58.5 Å². The van der Waals surface area contributed by atoms with Gasteiger partial charge in [-0.1, -0.05) is 79.1 Å². The first-order valence-corrected chi connectivity index (χ1v) is 11.1. The Balaban J connectivity index is 2.06. The molecule has 0 saturated heterocycles. The van der Waals surface area contributed by atoms with Gasteiger partial charge in [0.05, 0.1) is 12.2 Å². The SMILES string of the molecule is CC(C)c1nc(COC(N)=O)n(CC(=O)c2ccccc2)c1Sc1cc(Cl)cc(Cl)c1. The Morgan fingerprint density at radius 3 is 2.35 bits per heavy atom. The number of Topliss-reactive ketones (excluding diaryl/α,β-unsaturated/α-hetero) is 1. The van der Waals surface area contributed by atoms with E-state index in [1.54, 1.807) is 47.0 Å². The zero-order chi connectivity index (χ0) is 22.5. The molecule has 0 spiro atoms. The fraction of sp³-hybridized carbons (Fsp3) is 0.227. The average molecular weight is 478 g/mol. The molecule has 0 radical (unpaired) electrons. The standard InChI is InChI=1S/C22H21Cl2N3O3S/c1-13(2)20-21(31-17-9-15(23)8-16(24)10-17)27(19(26-20)12-30-22(25)29)11-18(28)14-6-4-3-5-7-14/h3-10,13H,11-12H2,1-2H3,(H2,25,29). The number of halogens is 2. The Hall–Kier alpha value is -2.48. The maximum atomic E-state index is 13.0. The smallest absolute Gasteiger partial charge is 0.404 e. The van der Waals surface area contributed by atoms with E-state index in [-0.39, 0.29) is 24.9 Å². The topological polar surface area (TPSA) is 87.2 Å². The third kappa shape index (κ3) is 6.03. The third-order valence-electron chi connectivity index (χ3n) is 4.36. The van der Waals surface area contributed by atoms with E-state index in [0.29, 0.717) is 21.4 Å². The molecular formula is C22H21Cl2N3O3S. The molecule has 6 nitrogen and oxygen atoms in total. The number of nitrogens with two attached hydrogens (primary N) is 1. The molecule has 162 valence electrons. The van der Waals surface area contributed by atoms with Crippen molar-refractivity contribution in [3.8, 4) is 0 Å². The van der Waals surface area contributed by atoms with Crippen molar-refractivity contribution < 1.29 is 14.3 Å². The number of rotatable bonds is 8. The van der Waals surface area contributed by atoms with Gasteiger partial charge >= 0.3 is 6.09 Å². The summed E-state index contributed by atoms with van der Waals surface area (Å²) in [5.74, 6) is 0.388. The highest BCUT2D eigenvalue weighted by atomic mass is 35.5. The Bertz CT molecular complexity index is 1080. The molecule has 0 bridgehead atoms. The van der Waals surface area contributed by atoms with Gasteiger partial charge in [-0.25, -0.2) is 9.78 Å². The van der Waals surface area contributed by atoms with E-state index >= 15 is 0 Å². The zero-order valence-corrected chi connectivity index (χ0v) is 19.3. The van der Waals surface area contributed by atoms with E-state index in [9.17, 15) is 9.59 Å². The van der Waals surface area contributed by atoms with Gasteiger partial charge in [-0.2, -0.15) is 0 Å². The number of benzene rings is 2. The number of primary amides is 1. The van der Waals surface area contributed by atoms with Gasteiger partial charge in [-0.05, 0) is 24.1 Å². The number of imidazole rings is 1. The second kappa shape index (κ2) is 10.2. The van der Waals surface area contributed by atoms with E-state index < -0.39 is 6.09 Å². The zero-order valence-electron chi connectivity index (χ0n) is 17.0. The Kier molecular flexibility index (Phi) is 7.64. The Morgan fingerprint density at radius 1 is 1.13 bits per heavy atom. The first kappa shape index (κ1) is 23.2. The van der Waals surface area contributed by atoms with Crippen LogP contribution in [0.4, 0.5) is 4.79 Å². The van der Waals surface area contributed by atoms with Crippen molar-refractivity contribution in [2.45, 2.75) is 42.8 Å². The van der Waals surface area contributed by atoms with Crippen LogP contribution >= 0.6 is 35.0 Å². The number of hydrogen-bond acceptors (Lipinski definition) is 5. The summed E-state index contributed by atoms with van der Waals surface area (Å²) in [6.45, 7) is 3.88. The molecule has 9 heteroatoms. The van der Waals surface area contributed by atoms with Gasteiger partial charge in [0, 0.05) is 20.5 Å². The minimum Gasteiger partial charge on any atom is -0.442 e. The van der Waals surface area contributed by atoms with E-state index in [1.807, 2.05) is 19.9 Å². The van der Waals surface area contributed by atoms with Crippen LogP contribution in [-0.4, -0.2) is 21.4 Å². The molecule has 2 aromatic carbocycles. The molecule has 0 aliphatic heterocycles. The molecule has 1 heterocycles. The fourth-order valence-electron chi connectivity index (χ4n) is 2.95. The highest BCUT2D eigenvalue weighted by Gasteiger charge is 2.23. The molecule has 2 N–H and O–H groups in total. The van der Waals surface area contributed by atoms with Crippen LogP contribution in [-0.2, 0) is 17.9 Å². The molecule has 31 heavy (non-hydrogen) atoms. The lowest BCUT2D eigenvalue weighted by molar-refractivity contribution is 0.0965. The van der Waals surface area contributed by atoms with Crippen LogP contribution in [0.5, 0.6) is 0 Å². The van der Waals surface area contributed by atoms with Crippen molar-refractivity contribution in [1.29, 1.82) is 0 Å². The first-order chi connectivity index (χ1) is 14.7. The predicted molar refractivity (Wildman–Crippen MR) is 122 cm³/mol. The molecule has 0 unspecified atom stereocenters. The van der Waals surface area contributed by atoms with Crippen LogP contribution in [0.1, 0.15) is 41.6 Å². The van der Waals surface area contributed by atoms with E-state index in [2.05, 4.69) is 4.98 Å². The van der Waals surface area contributed by atoms with Crippen molar-refractivity contribution in [3.05, 3.63) is 75.7 Å². The molecule has 0 atom stereocenters. The fourth-order valence-corrected chi connectivity index (χ4v) is 4.87. The van der Waals surface area contributed by atoms with Crippen LogP contribution in [0, 0.1) is 0 Å². The van der Waals surface area contributed by atoms with Crippen molar-refractivity contribution in [3.63, 3.8) is 0 Å².